The minimum absolute atomic E-state index is 0.556. The van der Waals surface area contributed by atoms with Crippen molar-refractivity contribution in [1.82, 2.24) is 4.98 Å². The van der Waals surface area contributed by atoms with Gasteiger partial charge in [-0.1, -0.05) is 6.92 Å². The first-order valence-electron chi connectivity index (χ1n) is 6.66. The van der Waals surface area contributed by atoms with E-state index in [9.17, 15) is 0 Å². The van der Waals surface area contributed by atoms with E-state index in [4.69, 9.17) is 16.6 Å². The molecule has 3 rings (SSSR count). The van der Waals surface area contributed by atoms with Crippen LogP contribution in [0.1, 0.15) is 28.6 Å². The minimum atomic E-state index is 0.556. The number of fused-ring (bicyclic) bond motifs is 1. The van der Waals surface area contributed by atoms with Crippen LogP contribution in [0.25, 0.3) is 0 Å². The third-order valence-corrected chi connectivity index (χ3v) is 4.90. The molecule has 0 unspecified atom stereocenters. The highest BCUT2D eigenvalue weighted by Gasteiger charge is 2.18. The summed E-state index contributed by atoms with van der Waals surface area (Å²) in [6.45, 7) is 4.16. The van der Waals surface area contributed by atoms with Crippen LogP contribution in [-0.4, -0.2) is 11.5 Å². The van der Waals surface area contributed by atoms with E-state index in [-0.39, 0.29) is 0 Å². The topological polar surface area (TPSA) is 16.1 Å². The standard InChI is InChI=1S/C15H17ClN2S/c1-2-13-7-11(9-16)8-15(17-13)18-5-3-14-12(10-18)4-6-19-14/h4,6-8H,2-3,5,9-10H2,1H3. The van der Waals surface area contributed by atoms with Crippen molar-refractivity contribution in [3.63, 3.8) is 0 Å². The minimum Gasteiger partial charge on any atom is -0.352 e. The van der Waals surface area contributed by atoms with Crippen molar-refractivity contribution in [3.05, 3.63) is 45.3 Å². The Morgan fingerprint density at radius 2 is 2.32 bits per heavy atom. The van der Waals surface area contributed by atoms with Gasteiger partial charge in [0, 0.05) is 29.5 Å². The van der Waals surface area contributed by atoms with Gasteiger partial charge in [0.25, 0.3) is 0 Å². The lowest BCUT2D eigenvalue weighted by molar-refractivity contribution is 0.728. The molecule has 0 fully saturated rings. The van der Waals surface area contributed by atoms with E-state index in [1.807, 2.05) is 11.3 Å². The first-order valence-corrected chi connectivity index (χ1v) is 8.07. The Bertz CT molecular complexity index is 557. The van der Waals surface area contributed by atoms with E-state index in [1.54, 1.807) is 0 Å². The van der Waals surface area contributed by atoms with Crippen LogP contribution >= 0.6 is 22.9 Å². The molecule has 0 aliphatic carbocycles. The summed E-state index contributed by atoms with van der Waals surface area (Å²) in [5, 5.41) is 2.19. The van der Waals surface area contributed by atoms with Crippen molar-refractivity contribution in [2.75, 3.05) is 11.4 Å². The van der Waals surface area contributed by atoms with E-state index >= 15 is 0 Å². The molecule has 1 aliphatic heterocycles. The van der Waals surface area contributed by atoms with Crippen LogP contribution in [0.5, 0.6) is 0 Å². The first kappa shape index (κ1) is 12.9. The van der Waals surface area contributed by atoms with Gasteiger partial charge in [0.15, 0.2) is 0 Å². The Hall–Kier alpha value is -1.06. The number of halogens is 1. The molecule has 0 radical (unpaired) electrons. The fourth-order valence-electron chi connectivity index (χ4n) is 2.50. The number of hydrogen-bond acceptors (Lipinski definition) is 3. The largest absolute Gasteiger partial charge is 0.352 e. The molecule has 0 aromatic carbocycles. The van der Waals surface area contributed by atoms with Crippen LogP contribution in [0.15, 0.2) is 23.6 Å². The second kappa shape index (κ2) is 5.51. The summed E-state index contributed by atoms with van der Waals surface area (Å²) < 4.78 is 0. The number of pyridine rings is 1. The molecule has 0 amide bonds. The number of thiophene rings is 1. The van der Waals surface area contributed by atoms with E-state index in [2.05, 4.69) is 35.4 Å². The Balaban J connectivity index is 1.90. The molecule has 2 aromatic rings. The summed E-state index contributed by atoms with van der Waals surface area (Å²) in [5.41, 5.74) is 3.75. The molecule has 0 bridgehead atoms. The highest BCUT2D eigenvalue weighted by atomic mass is 35.5. The average Bonchev–Trinajstić information content (AvgIpc) is 2.94. The number of aryl methyl sites for hydroxylation is 1. The molecule has 0 N–H and O–H groups in total. The zero-order valence-corrected chi connectivity index (χ0v) is 12.6. The van der Waals surface area contributed by atoms with Crippen LogP contribution in [-0.2, 0) is 25.3 Å². The molecule has 3 heterocycles. The average molecular weight is 293 g/mol. The summed E-state index contributed by atoms with van der Waals surface area (Å²) in [5.74, 6) is 1.63. The summed E-state index contributed by atoms with van der Waals surface area (Å²) in [6.07, 6.45) is 2.08. The summed E-state index contributed by atoms with van der Waals surface area (Å²) in [7, 11) is 0. The quantitative estimate of drug-likeness (QED) is 0.795. The Morgan fingerprint density at radius 3 is 3.11 bits per heavy atom. The summed E-state index contributed by atoms with van der Waals surface area (Å²) in [6, 6.07) is 6.47. The molecule has 100 valence electrons. The van der Waals surface area contributed by atoms with Crippen LogP contribution in [0.2, 0.25) is 0 Å². The van der Waals surface area contributed by atoms with Gasteiger partial charge in [-0.2, -0.15) is 0 Å². The molecule has 2 aromatic heterocycles. The number of aromatic nitrogens is 1. The third-order valence-electron chi connectivity index (χ3n) is 3.57. The molecule has 2 nitrogen and oxygen atoms in total. The summed E-state index contributed by atoms with van der Waals surface area (Å²) >= 11 is 7.86. The van der Waals surface area contributed by atoms with Crippen LogP contribution in [0.3, 0.4) is 0 Å². The maximum absolute atomic E-state index is 5.99. The lowest BCUT2D eigenvalue weighted by atomic mass is 10.1. The van der Waals surface area contributed by atoms with Crippen LogP contribution in [0.4, 0.5) is 5.82 Å². The van der Waals surface area contributed by atoms with E-state index in [0.29, 0.717) is 5.88 Å². The van der Waals surface area contributed by atoms with E-state index in [0.717, 1.165) is 37.4 Å². The van der Waals surface area contributed by atoms with Gasteiger partial charge < -0.3 is 4.90 Å². The maximum atomic E-state index is 5.99. The molecular formula is C15H17ClN2S. The van der Waals surface area contributed by atoms with Gasteiger partial charge in [-0.25, -0.2) is 4.98 Å². The van der Waals surface area contributed by atoms with E-state index < -0.39 is 0 Å². The number of anilines is 1. The summed E-state index contributed by atoms with van der Waals surface area (Å²) in [4.78, 5) is 8.65. The van der Waals surface area contributed by atoms with Gasteiger partial charge in [0.1, 0.15) is 5.82 Å². The van der Waals surface area contributed by atoms with Gasteiger partial charge in [-0.3, -0.25) is 0 Å². The number of hydrogen-bond donors (Lipinski definition) is 0. The predicted octanol–water partition coefficient (Wildman–Crippen LogP) is 4.01. The van der Waals surface area contributed by atoms with Crippen LogP contribution in [0, 0.1) is 0 Å². The van der Waals surface area contributed by atoms with Crippen molar-refractivity contribution in [1.29, 1.82) is 0 Å². The van der Waals surface area contributed by atoms with Gasteiger partial charge in [0.2, 0.25) is 0 Å². The third kappa shape index (κ3) is 2.63. The lowest BCUT2D eigenvalue weighted by Crippen LogP contribution is -2.30. The molecular weight excluding hydrogens is 276 g/mol. The first-order chi connectivity index (χ1) is 9.30. The van der Waals surface area contributed by atoms with Gasteiger partial charge in [-0.15, -0.1) is 22.9 Å². The molecule has 4 heteroatoms. The van der Waals surface area contributed by atoms with Crippen molar-refractivity contribution in [3.8, 4) is 0 Å². The van der Waals surface area contributed by atoms with E-state index in [1.165, 1.54) is 16.0 Å². The SMILES string of the molecule is CCc1cc(CCl)cc(N2CCc3sccc3C2)n1. The molecule has 1 aliphatic rings. The second-order valence-electron chi connectivity index (χ2n) is 4.85. The molecule has 0 saturated heterocycles. The van der Waals surface area contributed by atoms with Gasteiger partial charge in [0.05, 0.1) is 0 Å². The number of nitrogens with zero attached hydrogens (tertiary/aromatic N) is 2. The molecule has 19 heavy (non-hydrogen) atoms. The van der Waals surface area contributed by atoms with Crippen molar-refractivity contribution in [2.24, 2.45) is 0 Å². The Kier molecular flexibility index (Phi) is 3.76. The Labute approximate surface area is 123 Å². The van der Waals surface area contributed by atoms with Crippen molar-refractivity contribution >= 4 is 28.8 Å². The fraction of sp³-hybridized carbons (Fsp3) is 0.400. The highest BCUT2D eigenvalue weighted by molar-refractivity contribution is 7.10. The molecule has 0 saturated carbocycles. The van der Waals surface area contributed by atoms with Crippen LogP contribution < -0.4 is 4.90 Å². The fourth-order valence-corrected chi connectivity index (χ4v) is 3.54. The normalized spacial score (nSPS) is 14.5. The predicted molar refractivity (Wildman–Crippen MR) is 82.2 cm³/mol. The van der Waals surface area contributed by atoms with Gasteiger partial charge in [-0.05, 0) is 47.5 Å². The smallest absolute Gasteiger partial charge is 0.129 e. The molecule has 0 spiro atoms. The van der Waals surface area contributed by atoms with Gasteiger partial charge >= 0.3 is 0 Å². The number of rotatable bonds is 3. The zero-order chi connectivity index (χ0) is 13.2. The highest BCUT2D eigenvalue weighted by Crippen LogP contribution is 2.27. The molecule has 0 atom stereocenters. The monoisotopic (exact) mass is 292 g/mol. The Morgan fingerprint density at radius 1 is 1.42 bits per heavy atom. The zero-order valence-electron chi connectivity index (χ0n) is 11.0. The lowest BCUT2D eigenvalue weighted by Gasteiger charge is -2.28. The van der Waals surface area contributed by atoms with Crippen molar-refractivity contribution < 1.29 is 0 Å². The second-order valence-corrected chi connectivity index (χ2v) is 6.12. The maximum Gasteiger partial charge on any atom is 0.129 e. The van der Waals surface area contributed by atoms with Crippen molar-refractivity contribution in [2.45, 2.75) is 32.2 Å². The number of alkyl halides is 1.